The molecule has 0 aliphatic carbocycles. The summed E-state index contributed by atoms with van der Waals surface area (Å²) in [6.07, 6.45) is 3.56. The molecule has 2 saturated heterocycles. The van der Waals surface area contributed by atoms with Crippen LogP contribution in [0, 0.1) is 3.57 Å². The Bertz CT molecular complexity index is 401. The highest BCUT2D eigenvalue weighted by atomic mass is 127. The van der Waals surface area contributed by atoms with E-state index in [-0.39, 0.29) is 5.60 Å². The molecule has 0 saturated carbocycles. The lowest BCUT2D eigenvalue weighted by Gasteiger charge is -2.37. The van der Waals surface area contributed by atoms with Gasteiger partial charge in [0.25, 0.3) is 0 Å². The van der Waals surface area contributed by atoms with Crippen molar-refractivity contribution in [1.82, 2.24) is 0 Å². The monoisotopic (exact) mass is 376 g/mol. The zero-order chi connectivity index (χ0) is 12.4. The van der Waals surface area contributed by atoms with Crippen LogP contribution in [-0.2, 0) is 4.74 Å². The van der Waals surface area contributed by atoms with Crippen molar-refractivity contribution in [2.75, 3.05) is 18.1 Å². The van der Waals surface area contributed by atoms with Gasteiger partial charge in [0, 0.05) is 22.2 Å². The van der Waals surface area contributed by atoms with Crippen molar-refractivity contribution < 1.29 is 9.47 Å². The predicted octanol–water partition coefficient (Wildman–Crippen LogP) is 3.72. The van der Waals surface area contributed by atoms with E-state index >= 15 is 0 Å². The van der Waals surface area contributed by atoms with Crippen LogP contribution in [0.5, 0.6) is 5.75 Å². The molecule has 2 nitrogen and oxygen atoms in total. The lowest BCUT2D eigenvalue weighted by Crippen LogP contribution is -2.43. The van der Waals surface area contributed by atoms with Crippen molar-refractivity contribution in [3.05, 3.63) is 27.8 Å². The van der Waals surface area contributed by atoms with E-state index in [1.54, 1.807) is 0 Å². The molecular weight excluding hydrogens is 359 g/mol. The van der Waals surface area contributed by atoms with Crippen LogP contribution >= 0.6 is 34.4 Å². The summed E-state index contributed by atoms with van der Waals surface area (Å²) in [5, 5.41) is 0. The van der Waals surface area contributed by atoms with Crippen molar-refractivity contribution in [2.24, 2.45) is 0 Å². The largest absolute Gasteiger partial charge is 0.490 e. The van der Waals surface area contributed by atoms with Crippen LogP contribution in [-0.4, -0.2) is 29.8 Å². The molecule has 2 heterocycles. The van der Waals surface area contributed by atoms with Gasteiger partial charge in [0.2, 0.25) is 0 Å². The highest BCUT2D eigenvalue weighted by Crippen LogP contribution is 2.39. The molecule has 1 aromatic rings. The zero-order valence-corrected chi connectivity index (χ0v) is 13.2. The minimum Gasteiger partial charge on any atom is -0.490 e. The molecule has 18 heavy (non-hydrogen) atoms. The molecule has 2 aliphatic heterocycles. The summed E-state index contributed by atoms with van der Waals surface area (Å²) in [6.45, 7) is 0.843. The second-order valence-corrected chi connectivity index (χ2v) is 7.37. The van der Waals surface area contributed by atoms with Gasteiger partial charge in [0.05, 0.1) is 12.2 Å². The van der Waals surface area contributed by atoms with Gasteiger partial charge in [-0.15, -0.1) is 0 Å². The average Bonchev–Trinajstić information content (AvgIpc) is 2.80. The normalized spacial score (nSPS) is 31.7. The molecule has 1 aromatic carbocycles. The molecule has 2 unspecified atom stereocenters. The first-order valence-corrected chi connectivity index (χ1v) is 8.63. The molecule has 0 aromatic heterocycles. The lowest BCUT2D eigenvalue weighted by molar-refractivity contribution is -0.0958. The predicted molar refractivity (Wildman–Crippen MR) is 83.4 cm³/mol. The topological polar surface area (TPSA) is 18.5 Å². The van der Waals surface area contributed by atoms with E-state index in [1.807, 2.05) is 11.8 Å². The molecule has 2 fully saturated rings. The maximum absolute atomic E-state index is 6.10. The number of benzene rings is 1. The maximum Gasteiger partial charge on any atom is 0.119 e. The molecular formula is C14H17IO2S. The lowest BCUT2D eigenvalue weighted by atomic mass is 9.91. The van der Waals surface area contributed by atoms with Crippen molar-refractivity contribution in [2.45, 2.75) is 31.0 Å². The number of hydrogen-bond donors (Lipinski definition) is 0. The third kappa shape index (κ3) is 2.96. The molecule has 2 atom stereocenters. The number of halogens is 1. The minimum atomic E-state index is 0.108. The first-order valence-electron chi connectivity index (χ1n) is 6.40. The Kier molecular flexibility index (Phi) is 4.06. The molecule has 0 amide bonds. The van der Waals surface area contributed by atoms with Gasteiger partial charge in [-0.2, -0.15) is 11.8 Å². The Morgan fingerprint density at radius 3 is 2.89 bits per heavy atom. The number of rotatable bonds is 2. The van der Waals surface area contributed by atoms with Crippen LogP contribution in [0.15, 0.2) is 24.3 Å². The van der Waals surface area contributed by atoms with Crippen LogP contribution in [0.4, 0.5) is 0 Å². The van der Waals surface area contributed by atoms with E-state index in [9.17, 15) is 0 Å². The zero-order valence-electron chi connectivity index (χ0n) is 10.2. The Balaban J connectivity index is 1.64. The minimum absolute atomic E-state index is 0.108. The van der Waals surface area contributed by atoms with Gasteiger partial charge >= 0.3 is 0 Å². The second-order valence-electron chi connectivity index (χ2n) is 5.02. The summed E-state index contributed by atoms with van der Waals surface area (Å²) in [4.78, 5) is 0. The summed E-state index contributed by atoms with van der Waals surface area (Å²) in [5.74, 6) is 3.36. The van der Waals surface area contributed by atoms with E-state index in [0.29, 0.717) is 6.10 Å². The smallest absolute Gasteiger partial charge is 0.119 e. The summed E-state index contributed by atoms with van der Waals surface area (Å²) in [7, 11) is 0. The maximum atomic E-state index is 6.10. The second kappa shape index (κ2) is 5.59. The highest BCUT2D eigenvalue weighted by molar-refractivity contribution is 14.1. The van der Waals surface area contributed by atoms with E-state index in [2.05, 4.69) is 46.9 Å². The van der Waals surface area contributed by atoms with E-state index < -0.39 is 0 Å². The van der Waals surface area contributed by atoms with E-state index in [1.165, 1.54) is 15.7 Å². The van der Waals surface area contributed by atoms with Crippen LogP contribution in [0.2, 0.25) is 0 Å². The quantitative estimate of drug-likeness (QED) is 0.733. The van der Waals surface area contributed by atoms with Crippen LogP contribution in [0.3, 0.4) is 0 Å². The Morgan fingerprint density at radius 1 is 1.33 bits per heavy atom. The Hall–Kier alpha value is 0.0600. The van der Waals surface area contributed by atoms with E-state index in [4.69, 9.17) is 9.47 Å². The van der Waals surface area contributed by atoms with Crippen molar-refractivity contribution in [1.29, 1.82) is 0 Å². The summed E-state index contributed by atoms with van der Waals surface area (Å²) >= 11 is 4.32. The SMILES string of the molecule is Ic1ccc(OC2CCOC3(CCSC3)C2)cc1. The molecule has 2 aliphatic rings. The van der Waals surface area contributed by atoms with Gasteiger partial charge < -0.3 is 9.47 Å². The van der Waals surface area contributed by atoms with Gasteiger partial charge in [-0.1, -0.05) is 0 Å². The first-order chi connectivity index (χ1) is 8.76. The molecule has 0 bridgehead atoms. The van der Waals surface area contributed by atoms with Crippen molar-refractivity contribution in [3.8, 4) is 5.75 Å². The molecule has 3 rings (SSSR count). The number of thioether (sulfide) groups is 1. The molecule has 4 heteroatoms. The average molecular weight is 376 g/mol. The van der Waals surface area contributed by atoms with Gasteiger partial charge in [-0.3, -0.25) is 0 Å². The van der Waals surface area contributed by atoms with Crippen molar-refractivity contribution >= 4 is 34.4 Å². The summed E-state index contributed by atoms with van der Waals surface area (Å²) < 4.78 is 13.4. The fourth-order valence-electron chi connectivity index (χ4n) is 2.65. The summed E-state index contributed by atoms with van der Waals surface area (Å²) in [5.41, 5.74) is 0.108. The van der Waals surface area contributed by atoms with Crippen LogP contribution < -0.4 is 4.74 Å². The fourth-order valence-corrected chi connectivity index (χ4v) is 4.39. The van der Waals surface area contributed by atoms with Gasteiger partial charge in [0.15, 0.2) is 0 Å². The molecule has 0 N–H and O–H groups in total. The number of ether oxygens (including phenoxy) is 2. The molecule has 0 radical (unpaired) electrons. The van der Waals surface area contributed by atoms with Crippen LogP contribution in [0.1, 0.15) is 19.3 Å². The van der Waals surface area contributed by atoms with Gasteiger partial charge in [-0.25, -0.2) is 0 Å². The third-order valence-electron chi connectivity index (χ3n) is 3.63. The van der Waals surface area contributed by atoms with E-state index in [0.717, 1.165) is 31.0 Å². The number of hydrogen-bond acceptors (Lipinski definition) is 3. The standard InChI is InChI=1S/C14H17IO2S/c15-11-1-3-12(4-2-11)17-13-5-7-16-14(9-13)6-8-18-10-14/h1-4,13H,5-10H2. The van der Waals surface area contributed by atoms with Crippen LogP contribution in [0.25, 0.3) is 0 Å². The summed E-state index contributed by atoms with van der Waals surface area (Å²) in [6, 6.07) is 8.31. The Labute approximate surface area is 126 Å². The molecule has 1 spiro atoms. The first kappa shape index (κ1) is 13.1. The highest BCUT2D eigenvalue weighted by Gasteiger charge is 2.41. The third-order valence-corrected chi connectivity index (χ3v) is 5.57. The fraction of sp³-hybridized carbons (Fsp3) is 0.571. The molecule has 98 valence electrons. The van der Waals surface area contributed by atoms with Gasteiger partial charge in [-0.05, 0) is 59.0 Å². The van der Waals surface area contributed by atoms with Gasteiger partial charge in [0.1, 0.15) is 11.9 Å². The van der Waals surface area contributed by atoms with Crippen molar-refractivity contribution in [3.63, 3.8) is 0 Å². The Morgan fingerprint density at radius 2 is 2.17 bits per heavy atom.